The van der Waals surface area contributed by atoms with Crippen LogP contribution in [0.25, 0.3) is 0 Å². The molecule has 0 radical (unpaired) electrons. The predicted octanol–water partition coefficient (Wildman–Crippen LogP) is 4.71. The Balaban J connectivity index is 2.15. The molecule has 1 aliphatic rings. The Morgan fingerprint density at radius 2 is 1.70 bits per heavy atom. The average molecular weight is 274 g/mol. The molecule has 0 amide bonds. The van der Waals surface area contributed by atoms with Crippen LogP contribution in [0.4, 0.5) is 0 Å². The van der Waals surface area contributed by atoms with Gasteiger partial charge in [-0.25, -0.2) is 0 Å². The van der Waals surface area contributed by atoms with E-state index < -0.39 is 5.60 Å². The van der Waals surface area contributed by atoms with Crippen molar-refractivity contribution in [2.75, 3.05) is 0 Å². The number of hydrogen-bond donors (Lipinski definition) is 1. The van der Waals surface area contributed by atoms with Crippen LogP contribution in [0.5, 0.6) is 0 Å². The van der Waals surface area contributed by atoms with Gasteiger partial charge in [-0.15, -0.1) is 0 Å². The molecular formula is C19H30O. The highest BCUT2D eigenvalue weighted by molar-refractivity contribution is 5.28. The molecule has 0 spiro atoms. The minimum absolute atomic E-state index is 0.193. The van der Waals surface area contributed by atoms with Gasteiger partial charge >= 0.3 is 0 Å². The Morgan fingerprint density at radius 1 is 1.15 bits per heavy atom. The summed E-state index contributed by atoms with van der Waals surface area (Å²) in [6.45, 7) is 13.4. The number of rotatable bonds is 2. The molecule has 0 heterocycles. The lowest BCUT2D eigenvalue weighted by molar-refractivity contribution is 0.00445. The Morgan fingerprint density at radius 3 is 2.10 bits per heavy atom. The smallest absolute Gasteiger partial charge is 0.0718 e. The molecule has 1 heteroatoms. The summed E-state index contributed by atoms with van der Waals surface area (Å²) >= 11 is 0. The topological polar surface area (TPSA) is 20.2 Å². The first-order valence-corrected chi connectivity index (χ1v) is 7.84. The predicted molar refractivity (Wildman–Crippen MR) is 86.0 cm³/mol. The molecule has 1 N–H and O–H groups in total. The molecule has 0 bridgehead atoms. The molecule has 1 aromatic rings. The molecule has 1 fully saturated rings. The second kappa shape index (κ2) is 4.87. The van der Waals surface area contributed by atoms with Crippen molar-refractivity contribution in [3.8, 4) is 0 Å². The lowest BCUT2D eigenvalue weighted by Gasteiger charge is -2.29. The van der Waals surface area contributed by atoms with Gasteiger partial charge in [0.1, 0.15) is 0 Å². The molecule has 1 aliphatic carbocycles. The van der Waals surface area contributed by atoms with Crippen LogP contribution >= 0.6 is 0 Å². The van der Waals surface area contributed by atoms with Gasteiger partial charge < -0.3 is 5.11 Å². The van der Waals surface area contributed by atoms with E-state index in [2.05, 4.69) is 65.8 Å². The maximum Gasteiger partial charge on any atom is 0.0718 e. The van der Waals surface area contributed by atoms with Crippen LogP contribution in [-0.4, -0.2) is 10.7 Å². The molecular weight excluding hydrogens is 244 g/mol. The molecule has 2 atom stereocenters. The lowest BCUT2D eigenvalue weighted by Crippen LogP contribution is -2.34. The van der Waals surface area contributed by atoms with Gasteiger partial charge in [-0.1, -0.05) is 65.8 Å². The summed E-state index contributed by atoms with van der Waals surface area (Å²) in [6.07, 6.45) is 2.80. The Kier molecular flexibility index (Phi) is 3.79. The van der Waals surface area contributed by atoms with Crippen molar-refractivity contribution in [2.45, 2.75) is 71.8 Å². The minimum Gasteiger partial charge on any atom is -0.389 e. The molecule has 112 valence electrons. The summed E-state index contributed by atoms with van der Waals surface area (Å²) in [6, 6.07) is 8.81. The third-order valence-electron chi connectivity index (χ3n) is 4.89. The van der Waals surface area contributed by atoms with E-state index in [1.165, 1.54) is 11.1 Å². The van der Waals surface area contributed by atoms with Crippen LogP contribution in [0.3, 0.4) is 0 Å². The first-order valence-electron chi connectivity index (χ1n) is 7.84. The van der Waals surface area contributed by atoms with E-state index in [-0.39, 0.29) is 10.8 Å². The molecule has 0 aromatic heterocycles. The highest BCUT2D eigenvalue weighted by Gasteiger charge is 2.47. The second-order valence-corrected chi connectivity index (χ2v) is 8.67. The summed E-state index contributed by atoms with van der Waals surface area (Å²) in [5.74, 6) is 0.375. The second-order valence-electron chi connectivity index (χ2n) is 8.67. The van der Waals surface area contributed by atoms with E-state index in [9.17, 15) is 5.11 Å². The monoisotopic (exact) mass is 274 g/mol. The van der Waals surface area contributed by atoms with Crippen LogP contribution in [0.15, 0.2) is 24.3 Å². The highest BCUT2D eigenvalue weighted by Crippen LogP contribution is 2.48. The summed E-state index contributed by atoms with van der Waals surface area (Å²) in [5, 5.41) is 11.0. The van der Waals surface area contributed by atoms with Crippen LogP contribution < -0.4 is 0 Å². The summed E-state index contributed by atoms with van der Waals surface area (Å²) in [5.41, 5.74) is 2.53. The van der Waals surface area contributed by atoms with E-state index in [1.54, 1.807) is 0 Å². The lowest BCUT2D eigenvalue weighted by atomic mass is 9.82. The minimum atomic E-state index is -0.535. The van der Waals surface area contributed by atoms with Gasteiger partial charge in [-0.3, -0.25) is 0 Å². The van der Waals surface area contributed by atoms with Gasteiger partial charge in [0.15, 0.2) is 0 Å². The van der Waals surface area contributed by atoms with Crippen LogP contribution in [-0.2, 0) is 11.8 Å². The van der Waals surface area contributed by atoms with Gasteiger partial charge in [-0.2, -0.15) is 0 Å². The number of hydrogen-bond acceptors (Lipinski definition) is 1. The standard InChI is InChI=1S/C19H30O/c1-14-11-18(5,6)13-19(14,20)12-15-7-9-16(10-8-15)17(2,3)4/h7-10,14,20H,11-13H2,1-6H3. The van der Waals surface area contributed by atoms with Gasteiger partial charge in [0.05, 0.1) is 5.60 Å². The average Bonchev–Trinajstić information content (AvgIpc) is 2.46. The summed E-state index contributed by atoms with van der Waals surface area (Å²) < 4.78 is 0. The van der Waals surface area contributed by atoms with E-state index in [0.717, 1.165) is 19.3 Å². The molecule has 20 heavy (non-hydrogen) atoms. The molecule has 2 rings (SSSR count). The van der Waals surface area contributed by atoms with Gasteiger partial charge in [0.25, 0.3) is 0 Å². The van der Waals surface area contributed by atoms with Crippen molar-refractivity contribution in [3.05, 3.63) is 35.4 Å². The normalized spacial score (nSPS) is 29.6. The van der Waals surface area contributed by atoms with Crippen molar-refractivity contribution >= 4 is 0 Å². The fourth-order valence-electron chi connectivity index (χ4n) is 3.81. The van der Waals surface area contributed by atoms with Crippen molar-refractivity contribution in [1.82, 2.24) is 0 Å². The van der Waals surface area contributed by atoms with Crippen LogP contribution in [0.2, 0.25) is 0 Å². The molecule has 1 nitrogen and oxygen atoms in total. The Hall–Kier alpha value is -0.820. The summed E-state index contributed by atoms with van der Waals surface area (Å²) in [7, 11) is 0. The molecule has 1 aromatic carbocycles. The van der Waals surface area contributed by atoms with E-state index in [4.69, 9.17) is 0 Å². The van der Waals surface area contributed by atoms with Gasteiger partial charge in [0.2, 0.25) is 0 Å². The van der Waals surface area contributed by atoms with E-state index >= 15 is 0 Å². The fourth-order valence-corrected chi connectivity index (χ4v) is 3.81. The van der Waals surface area contributed by atoms with Gasteiger partial charge in [-0.05, 0) is 40.7 Å². The van der Waals surface area contributed by atoms with Gasteiger partial charge in [0, 0.05) is 6.42 Å². The quantitative estimate of drug-likeness (QED) is 0.827. The third-order valence-corrected chi connectivity index (χ3v) is 4.89. The Bertz CT molecular complexity index is 464. The molecule has 2 unspecified atom stereocenters. The first kappa shape index (κ1) is 15.6. The molecule has 0 aliphatic heterocycles. The van der Waals surface area contributed by atoms with Crippen LogP contribution in [0.1, 0.15) is 65.5 Å². The highest BCUT2D eigenvalue weighted by atomic mass is 16.3. The third kappa shape index (κ3) is 3.25. The Labute approximate surface area is 124 Å². The molecule has 1 saturated carbocycles. The summed E-state index contributed by atoms with van der Waals surface area (Å²) in [4.78, 5) is 0. The zero-order chi connectivity index (χ0) is 15.2. The largest absolute Gasteiger partial charge is 0.389 e. The van der Waals surface area contributed by atoms with Crippen molar-refractivity contribution in [1.29, 1.82) is 0 Å². The van der Waals surface area contributed by atoms with E-state index in [0.29, 0.717) is 5.92 Å². The number of benzene rings is 1. The zero-order valence-corrected chi connectivity index (χ0v) is 14.0. The zero-order valence-electron chi connectivity index (χ0n) is 14.0. The van der Waals surface area contributed by atoms with Crippen LogP contribution in [0, 0.1) is 11.3 Å². The number of aliphatic hydroxyl groups is 1. The fraction of sp³-hybridized carbons (Fsp3) is 0.684. The van der Waals surface area contributed by atoms with Crippen molar-refractivity contribution < 1.29 is 5.11 Å². The SMILES string of the molecule is CC1CC(C)(C)CC1(O)Cc1ccc(C(C)(C)C)cc1. The molecule has 0 saturated heterocycles. The van der Waals surface area contributed by atoms with Crippen molar-refractivity contribution in [3.63, 3.8) is 0 Å². The maximum atomic E-state index is 11.0. The van der Waals surface area contributed by atoms with Crippen molar-refractivity contribution in [2.24, 2.45) is 11.3 Å². The van der Waals surface area contributed by atoms with E-state index in [1.807, 2.05) is 0 Å². The first-order chi connectivity index (χ1) is 9.02. The maximum absolute atomic E-state index is 11.0.